The van der Waals surface area contributed by atoms with Gasteiger partial charge in [0.2, 0.25) is 0 Å². The highest BCUT2D eigenvalue weighted by molar-refractivity contribution is 7.00. The predicted molar refractivity (Wildman–Crippen MR) is 389 cm³/mol. The fraction of sp³-hybridized carbons (Fsp3) is 0.0930. The van der Waals surface area contributed by atoms with E-state index in [9.17, 15) is 2.74 Å². The van der Waals surface area contributed by atoms with Gasteiger partial charge in [0.05, 0.1) is 23.6 Å². The van der Waals surface area contributed by atoms with E-state index in [0.717, 1.165) is 123 Å². The van der Waals surface area contributed by atoms with Crippen LogP contribution in [0.5, 0.6) is 0 Å². The second kappa shape index (κ2) is 22.0. The number of nitrogens with zero attached hydrogens (tertiary/aromatic N) is 4. The molecule has 0 unspecified atom stereocenters. The third kappa shape index (κ3) is 9.63. The Morgan fingerprint density at radius 2 is 0.813 bits per heavy atom. The molecular weight excluding hydrogens is 1100 g/mol. The van der Waals surface area contributed by atoms with Gasteiger partial charge >= 0.3 is 0 Å². The summed E-state index contributed by atoms with van der Waals surface area (Å²) >= 11 is 0. The van der Waals surface area contributed by atoms with E-state index in [4.69, 9.17) is 4.11 Å². The van der Waals surface area contributed by atoms with E-state index >= 15 is 0 Å². The van der Waals surface area contributed by atoms with E-state index < -0.39 is 6.04 Å². The molecule has 13 aromatic carbocycles. The summed E-state index contributed by atoms with van der Waals surface area (Å²) in [5.74, 6) is 0. The number of hydrogen-bond donors (Lipinski definition) is 0. The van der Waals surface area contributed by atoms with Gasteiger partial charge < -0.3 is 19.3 Å². The van der Waals surface area contributed by atoms with Gasteiger partial charge in [-0.15, -0.1) is 0 Å². The molecule has 14 aromatic rings. The van der Waals surface area contributed by atoms with Crippen LogP contribution in [0.4, 0.5) is 51.2 Å². The minimum absolute atomic E-state index is 0.149. The van der Waals surface area contributed by atoms with Crippen LogP contribution in [0.15, 0.2) is 309 Å². The van der Waals surface area contributed by atoms with Crippen molar-refractivity contribution >= 4 is 96.1 Å². The van der Waals surface area contributed by atoms with Gasteiger partial charge in [0.15, 0.2) is 0 Å². The van der Waals surface area contributed by atoms with E-state index in [1.807, 2.05) is 6.07 Å². The first kappa shape index (κ1) is 50.0. The van der Waals surface area contributed by atoms with Gasteiger partial charge in [0.25, 0.3) is 6.71 Å². The Kier molecular flexibility index (Phi) is 12.1. The van der Waals surface area contributed by atoms with Crippen LogP contribution >= 0.6 is 0 Å². The second-order valence-corrected chi connectivity index (χ2v) is 26.2. The normalized spacial score (nSPS) is 13.4. The zero-order chi connectivity index (χ0) is 65.9. The third-order valence-electron chi connectivity index (χ3n) is 18.5. The molecule has 0 fully saturated rings. The number of rotatable bonds is 10. The van der Waals surface area contributed by atoms with Crippen LogP contribution in [0.3, 0.4) is 0 Å². The maximum Gasteiger partial charge on any atom is 0.252 e. The molecule has 0 saturated carbocycles. The molecule has 0 atom stereocenters. The largest absolute Gasteiger partial charge is 0.311 e. The smallest absolute Gasteiger partial charge is 0.252 e. The summed E-state index contributed by atoms with van der Waals surface area (Å²) in [6, 6.07) is 98.9. The maximum atomic E-state index is 9.48. The molecule has 0 amide bonds. The summed E-state index contributed by atoms with van der Waals surface area (Å²) in [7, 11) is 0. The fourth-order valence-electron chi connectivity index (χ4n) is 14.0. The first-order valence-electron chi connectivity index (χ1n) is 34.0. The van der Waals surface area contributed by atoms with Gasteiger partial charge in [0, 0.05) is 73.1 Å². The van der Waals surface area contributed by atoms with Gasteiger partial charge in [-0.3, -0.25) is 0 Å². The summed E-state index contributed by atoms with van der Waals surface area (Å²) in [5.41, 5.74) is 24.1. The molecule has 436 valence electrons. The van der Waals surface area contributed by atoms with Gasteiger partial charge in [0.1, 0.15) is 0 Å². The van der Waals surface area contributed by atoms with Crippen LogP contribution in [-0.2, 0) is 10.8 Å². The highest BCUT2D eigenvalue weighted by atomic mass is 15.2. The van der Waals surface area contributed by atoms with Gasteiger partial charge in [-0.1, -0.05) is 248 Å². The lowest BCUT2D eigenvalue weighted by Gasteiger charge is -2.46. The first-order chi connectivity index (χ1) is 46.5. The van der Waals surface area contributed by atoms with Crippen molar-refractivity contribution in [1.82, 2.24) is 4.57 Å². The highest BCUT2D eigenvalue weighted by Crippen LogP contribution is 2.53. The molecule has 0 radical (unpaired) electrons. The Bertz CT molecular complexity index is 5250. The zero-order valence-corrected chi connectivity index (χ0v) is 51.9. The lowest BCUT2D eigenvalue weighted by Crippen LogP contribution is -2.61. The molecule has 2 aliphatic rings. The second-order valence-electron chi connectivity index (χ2n) is 26.2. The van der Waals surface area contributed by atoms with E-state index in [-0.39, 0.29) is 47.3 Å². The van der Waals surface area contributed by atoms with E-state index in [0.29, 0.717) is 5.56 Å². The van der Waals surface area contributed by atoms with Gasteiger partial charge in [-0.2, -0.15) is 0 Å². The lowest BCUT2D eigenvalue weighted by molar-refractivity contribution is 0.590. The molecular formula is C86H69BN4. The fourth-order valence-corrected chi connectivity index (χ4v) is 14.0. The summed E-state index contributed by atoms with van der Waals surface area (Å²) in [4.78, 5) is 7.34. The Labute approximate surface area is 542 Å². The van der Waals surface area contributed by atoms with Crippen LogP contribution in [0, 0.1) is 0 Å². The maximum absolute atomic E-state index is 9.48. The Morgan fingerprint density at radius 1 is 0.341 bits per heavy atom. The number of fused-ring (bicyclic) bond motifs is 7. The molecule has 4 nitrogen and oxygen atoms in total. The minimum Gasteiger partial charge on any atom is -0.311 e. The minimum atomic E-state index is -0.428. The quantitative estimate of drug-likeness (QED) is 0.127. The molecule has 0 bridgehead atoms. The molecule has 0 saturated heterocycles. The van der Waals surface area contributed by atoms with E-state index in [1.54, 1.807) is 0 Å². The molecule has 3 heterocycles. The monoisotopic (exact) mass is 1170 g/mol. The highest BCUT2D eigenvalue weighted by Gasteiger charge is 2.46. The lowest BCUT2D eigenvalue weighted by atomic mass is 9.33. The SMILES string of the molecule is [2H]c1c([2H])c([2H])c(-c2ccc3c(c2)N(c2c(-c4ccccc4)cc(C(C)(C)C)cc2-c2ccccc2)c2cc(C(C)(C)C)cc4c2B3c2ccc(N(c3ccccc3)c3ccc(-n5c6ccccc6c6ccccc65)cc3)cc2N4c2cccc(-c3ccccc3)c2)c([2H])c1[2H]. The molecule has 0 aliphatic carbocycles. The van der Waals surface area contributed by atoms with E-state index in [1.165, 1.54) is 16.3 Å². The van der Waals surface area contributed by atoms with Crippen molar-refractivity contribution in [1.29, 1.82) is 0 Å². The van der Waals surface area contributed by atoms with Gasteiger partial charge in [-0.05, 0) is 175 Å². The van der Waals surface area contributed by atoms with Crippen molar-refractivity contribution in [2.24, 2.45) is 0 Å². The summed E-state index contributed by atoms with van der Waals surface area (Å²) in [6.45, 7) is 13.3. The topological polar surface area (TPSA) is 14.7 Å². The Balaban J connectivity index is 1.00. The molecule has 5 heteroatoms. The molecule has 91 heavy (non-hydrogen) atoms. The standard InChI is InChI=1S/C86H69BN4/c1-85(2,3)64-53-73(60-31-16-9-17-32-60)84(74(54-64)61-33-18-10-19-34-61)91-79-52-63(59-29-14-8-15-30-59)43-49-75(79)87-76-50-48-70(57-80(76)90(81-55-65(86(4,5)6)56-82(91)83(81)87)69-38-26-35-62(51-69)58-27-12-7-13-28-58)88(66-36-20-11-21-37-66)67-44-46-68(47-45-67)89-77-41-24-22-39-71(77)72-40-23-25-42-78(72)89/h7-57H,1-6H3/i8D,14D,15D,29D,30D. The number of benzene rings is 13. The van der Waals surface area contributed by atoms with Crippen molar-refractivity contribution in [3.8, 4) is 50.2 Å². The summed E-state index contributed by atoms with van der Waals surface area (Å²) in [5, 5.41) is 2.43. The zero-order valence-electron chi connectivity index (χ0n) is 56.9. The average molecular weight is 1170 g/mol. The van der Waals surface area contributed by atoms with Crippen LogP contribution < -0.4 is 31.1 Å². The molecule has 1 aromatic heterocycles. The Morgan fingerprint density at radius 3 is 1.41 bits per heavy atom. The predicted octanol–water partition coefficient (Wildman–Crippen LogP) is 21.6. The third-order valence-corrected chi connectivity index (χ3v) is 18.5. The number of hydrogen-bond acceptors (Lipinski definition) is 3. The number of aromatic nitrogens is 1. The molecule has 0 N–H and O–H groups in total. The molecule has 16 rings (SSSR count). The van der Waals surface area contributed by atoms with Crippen molar-refractivity contribution < 1.29 is 6.85 Å². The van der Waals surface area contributed by atoms with Crippen LogP contribution in [-0.4, -0.2) is 11.3 Å². The van der Waals surface area contributed by atoms with E-state index in [2.05, 4.69) is 334 Å². The molecule has 2 aliphatic heterocycles. The molecule has 0 spiro atoms. The van der Waals surface area contributed by atoms with Crippen molar-refractivity contribution in [2.45, 2.75) is 52.4 Å². The van der Waals surface area contributed by atoms with Crippen LogP contribution in [0.1, 0.15) is 59.5 Å². The van der Waals surface area contributed by atoms with Gasteiger partial charge in [-0.25, -0.2) is 0 Å². The number of para-hydroxylation sites is 3. The average Bonchev–Trinajstić information content (AvgIpc) is 0.812. The first-order valence-corrected chi connectivity index (χ1v) is 31.5. The summed E-state index contributed by atoms with van der Waals surface area (Å²) in [6.07, 6.45) is 0. The summed E-state index contributed by atoms with van der Waals surface area (Å²) < 4.78 is 48.0. The van der Waals surface area contributed by atoms with Crippen molar-refractivity contribution in [3.05, 3.63) is 320 Å². The van der Waals surface area contributed by atoms with Crippen LogP contribution in [0.2, 0.25) is 0 Å². The van der Waals surface area contributed by atoms with Crippen LogP contribution in [0.25, 0.3) is 72.0 Å². The van der Waals surface area contributed by atoms with Crippen molar-refractivity contribution in [2.75, 3.05) is 14.7 Å². The van der Waals surface area contributed by atoms with Crippen molar-refractivity contribution in [3.63, 3.8) is 0 Å². The Hall–Kier alpha value is -10.9. The number of anilines is 9.